The van der Waals surface area contributed by atoms with Gasteiger partial charge in [-0.2, -0.15) is 18.3 Å². The maximum Gasteiger partial charge on any atom is 0.433 e. The number of allylic oxidation sites excluding steroid dienone is 5. The second-order valence-electron chi connectivity index (χ2n) is 12.0. The summed E-state index contributed by atoms with van der Waals surface area (Å²) in [5, 5.41) is 7.10. The molecule has 0 spiro atoms. The van der Waals surface area contributed by atoms with Gasteiger partial charge in [-0.15, -0.1) is 0 Å². The Morgan fingerprint density at radius 3 is 2.27 bits per heavy atom. The number of ether oxygens (including phenoxy) is 2. The number of H-pyrrole nitrogens is 1. The van der Waals surface area contributed by atoms with Crippen molar-refractivity contribution in [3.05, 3.63) is 107 Å². The monoisotopic (exact) mass is 707 g/mol. The largest absolute Gasteiger partial charge is 0.489 e. The van der Waals surface area contributed by atoms with Gasteiger partial charge in [0.15, 0.2) is 0 Å². The fraction of sp³-hybridized carbons (Fsp3) is 0.463. The van der Waals surface area contributed by atoms with Gasteiger partial charge in [-0.3, -0.25) is 10.1 Å². The lowest BCUT2D eigenvalue weighted by molar-refractivity contribution is -0.0924. The standard InChI is InChI=1S/C39H50F3N5O2.C2H6/c1-9-13-22-43-38(48-8)36(27(6)30-19-20-30)34(14-10-2)44-24-32(33-21-23-45-47-33)28(7)49-25-29-15-17-31(18-16-29)37(26(5)11-3)46-35(12-4)39(40,41)42;1-2/h12,15-18,21-24,26,30H,6-7,9-11,13-14,19-20,25H2,1-5,8H3,(H,45,47);1-2H3/b32-24+,35-12-,38-36-,43-22-,44-34-,46-37?;. The normalized spacial score (nSPS) is 15.6. The summed E-state index contributed by atoms with van der Waals surface area (Å²) in [6.07, 6.45) is 7.86. The zero-order valence-corrected chi connectivity index (χ0v) is 31.7. The highest BCUT2D eigenvalue weighted by Gasteiger charge is 2.34. The van der Waals surface area contributed by atoms with Crippen LogP contribution in [0.1, 0.15) is 110 Å². The van der Waals surface area contributed by atoms with E-state index in [1.54, 1.807) is 31.6 Å². The number of unbranched alkanes of at least 4 members (excludes halogenated alkanes) is 1. The molecule has 3 rings (SSSR count). The first kappa shape index (κ1) is 42.7. The molecule has 0 aliphatic heterocycles. The Kier molecular flexibility index (Phi) is 18.2. The molecule has 1 atom stereocenters. The number of hydrogen-bond donors (Lipinski definition) is 1. The Balaban J connectivity index is 0.00000442. The predicted octanol–water partition coefficient (Wildman–Crippen LogP) is 11.7. The second-order valence-corrected chi connectivity index (χ2v) is 12.0. The molecule has 1 unspecified atom stereocenters. The number of aliphatic imine (C=N–C) groups is 3. The van der Waals surface area contributed by atoms with E-state index >= 15 is 0 Å². The minimum Gasteiger partial charge on any atom is -0.489 e. The summed E-state index contributed by atoms with van der Waals surface area (Å²) in [5.74, 6) is 1.10. The van der Waals surface area contributed by atoms with Crippen LogP contribution in [0.15, 0.2) is 105 Å². The zero-order chi connectivity index (χ0) is 38.0. The van der Waals surface area contributed by atoms with E-state index in [1.165, 1.54) is 6.92 Å². The zero-order valence-electron chi connectivity index (χ0n) is 31.7. The maximum atomic E-state index is 13.5. The second kappa shape index (κ2) is 21.7. The van der Waals surface area contributed by atoms with Crippen LogP contribution >= 0.6 is 0 Å². The van der Waals surface area contributed by atoms with Crippen molar-refractivity contribution in [1.29, 1.82) is 0 Å². The molecular formula is C41H56F3N5O2. The lowest BCUT2D eigenvalue weighted by Crippen LogP contribution is -2.17. The van der Waals surface area contributed by atoms with Crippen LogP contribution in [0.2, 0.25) is 0 Å². The SMILES string of the molecule is C=C(OCc1ccc(C(=N/C(=C\C)C(F)(F)F)C(C)CC)cc1)\C(=C/N=C(CCC)\C(C(=C)C1CC1)=C(\N=C/CCC)OC)c1ccn[nH]1.CC. The van der Waals surface area contributed by atoms with Crippen LogP contribution in [0, 0.1) is 11.8 Å². The average Bonchev–Trinajstić information content (AvgIpc) is 3.85. The maximum absolute atomic E-state index is 13.5. The van der Waals surface area contributed by atoms with E-state index in [4.69, 9.17) is 14.5 Å². The number of nitrogens with one attached hydrogen (secondary N) is 1. The average molecular weight is 708 g/mol. The van der Waals surface area contributed by atoms with Gasteiger partial charge < -0.3 is 9.47 Å². The molecule has 51 heavy (non-hydrogen) atoms. The van der Waals surface area contributed by atoms with E-state index in [1.807, 2.05) is 52.1 Å². The molecule has 0 saturated heterocycles. The van der Waals surface area contributed by atoms with E-state index in [-0.39, 0.29) is 12.5 Å². The number of alkyl halides is 3. The fourth-order valence-electron chi connectivity index (χ4n) is 5.00. The third kappa shape index (κ3) is 13.0. The van der Waals surface area contributed by atoms with Crippen molar-refractivity contribution in [2.45, 2.75) is 106 Å². The number of halogens is 3. The summed E-state index contributed by atoms with van der Waals surface area (Å²) in [7, 11) is 1.62. The molecular weight excluding hydrogens is 651 g/mol. The van der Waals surface area contributed by atoms with Crippen molar-refractivity contribution >= 4 is 23.2 Å². The van der Waals surface area contributed by atoms with Gasteiger partial charge in [0.1, 0.15) is 18.1 Å². The molecule has 1 aliphatic carbocycles. The fourth-order valence-corrected chi connectivity index (χ4v) is 5.00. The summed E-state index contributed by atoms with van der Waals surface area (Å²) >= 11 is 0. The molecule has 7 nitrogen and oxygen atoms in total. The number of rotatable bonds is 19. The van der Waals surface area contributed by atoms with E-state index in [2.05, 4.69) is 47.2 Å². The Morgan fingerprint density at radius 2 is 1.76 bits per heavy atom. The Morgan fingerprint density at radius 1 is 1.08 bits per heavy atom. The molecule has 1 heterocycles. The van der Waals surface area contributed by atoms with Crippen molar-refractivity contribution < 1.29 is 22.6 Å². The van der Waals surface area contributed by atoms with E-state index in [0.29, 0.717) is 52.9 Å². The van der Waals surface area contributed by atoms with Crippen LogP contribution in [0.3, 0.4) is 0 Å². The van der Waals surface area contributed by atoms with Crippen LogP contribution in [-0.4, -0.2) is 41.1 Å². The third-order valence-electron chi connectivity index (χ3n) is 8.19. The quantitative estimate of drug-likeness (QED) is 0.0896. The highest BCUT2D eigenvalue weighted by atomic mass is 19.4. The first-order valence-corrected chi connectivity index (χ1v) is 18.0. The summed E-state index contributed by atoms with van der Waals surface area (Å²) in [6, 6.07) is 9.02. The van der Waals surface area contributed by atoms with Crippen LogP contribution in [0.5, 0.6) is 0 Å². The van der Waals surface area contributed by atoms with Crippen LogP contribution in [0.25, 0.3) is 5.57 Å². The molecule has 10 heteroatoms. The Bertz CT molecular complexity index is 1590. The molecule has 1 aromatic heterocycles. The van der Waals surface area contributed by atoms with Crippen LogP contribution < -0.4 is 0 Å². The smallest absolute Gasteiger partial charge is 0.433 e. The van der Waals surface area contributed by atoms with Gasteiger partial charge in [-0.25, -0.2) is 9.98 Å². The van der Waals surface area contributed by atoms with Crippen LogP contribution in [0.4, 0.5) is 13.2 Å². The summed E-state index contributed by atoms with van der Waals surface area (Å²) in [6.45, 7) is 22.1. The van der Waals surface area contributed by atoms with Crippen molar-refractivity contribution in [2.75, 3.05) is 7.11 Å². The number of aromatic nitrogens is 2. The lowest BCUT2D eigenvalue weighted by Gasteiger charge is -2.17. The molecule has 278 valence electrons. The van der Waals surface area contributed by atoms with Gasteiger partial charge in [-0.05, 0) is 73.6 Å². The summed E-state index contributed by atoms with van der Waals surface area (Å²) in [4.78, 5) is 13.7. The first-order chi connectivity index (χ1) is 24.5. The number of aromatic amines is 1. The van der Waals surface area contributed by atoms with Gasteiger partial charge in [0, 0.05) is 18.6 Å². The number of methoxy groups -OCH3 is 1. The summed E-state index contributed by atoms with van der Waals surface area (Å²) in [5.41, 5.74) is 4.85. The van der Waals surface area contributed by atoms with Crippen molar-refractivity contribution in [2.24, 2.45) is 26.8 Å². The minimum atomic E-state index is -4.53. The van der Waals surface area contributed by atoms with E-state index < -0.39 is 11.9 Å². The van der Waals surface area contributed by atoms with Gasteiger partial charge in [0.05, 0.1) is 35.4 Å². The highest BCUT2D eigenvalue weighted by Crippen LogP contribution is 2.41. The van der Waals surface area contributed by atoms with Crippen molar-refractivity contribution in [1.82, 2.24) is 10.2 Å². The lowest BCUT2D eigenvalue weighted by atomic mass is 9.95. The van der Waals surface area contributed by atoms with Crippen molar-refractivity contribution in [3.63, 3.8) is 0 Å². The molecule has 1 fully saturated rings. The molecule has 1 N–H and O–H groups in total. The molecule has 1 aromatic carbocycles. The van der Waals surface area contributed by atoms with Gasteiger partial charge in [-0.1, -0.05) is 97.9 Å². The first-order valence-electron chi connectivity index (χ1n) is 18.0. The van der Waals surface area contributed by atoms with Gasteiger partial charge >= 0.3 is 6.18 Å². The molecule has 1 aliphatic rings. The molecule has 0 bridgehead atoms. The Hall–Kier alpha value is -4.47. The molecule has 1 saturated carbocycles. The number of nitrogens with zero attached hydrogens (tertiary/aromatic N) is 4. The molecule has 0 amide bonds. The van der Waals surface area contributed by atoms with E-state index in [0.717, 1.165) is 60.6 Å². The van der Waals surface area contributed by atoms with Gasteiger partial charge in [0.25, 0.3) is 0 Å². The predicted molar refractivity (Wildman–Crippen MR) is 206 cm³/mol. The number of benzene rings is 1. The van der Waals surface area contributed by atoms with E-state index in [9.17, 15) is 13.2 Å². The topological polar surface area (TPSA) is 84.2 Å². The van der Waals surface area contributed by atoms with Crippen LogP contribution in [-0.2, 0) is 16.1 Å². The minimum absolute atomic E-state index is 0.167. The van der Waals surface area contributed by atoms with Crippen molar-refractivity contribution in [3.8, 4) is 0 Å². The molecule has 2 aromatic rings. The third-order valence-corrected chi connectivity index (χ3v) is 8.19. The summed E-state index contributed by atoms with van der Waals surface area (Å²) < 4.78 is 52.4. The number of hydrogen-bond acceptors (Lipinski definition) is 6. The molecule has 0 radical (unpaired) electrons. The van der Waals surface area contributed by atoms with Gasteiger partial charge in [0.2, 0.25) is 5.88 Å². The Labute approximate surface area is 303 Å². The highest BCUT2D eigenvalue weighted by molar-refractivity contribution is 6.05.